The number of thiol groups is 1. The van der Waals surface area contributed by atoms with Crippen LogP contribution in [0.2, 0.25) is 0 Å². The molecule has 4 heteroatoms. The first-order valence-corrected chi connectivity index (χ1v) is 4.96. The molecule has 0 aromatic heterocycles. The number of amides is 1. The second kappa shape index (κ2) is 3.53. The maximum absolute atomic E-state index is 11.5. The van der Waals surface area contributed by atoms with E-state index in [2.05, 4.69) is 12.6 Å². The van der Waals surface area contributed by atoms with E-state index < -0.39 is 0 Å². The summed E-state index contributed by atoms with van der Waals surface area (Å²) in [4.78, 5) is 13.2. The monoisotopic (exact) mass is 209 g/mol. The van der Waals surface area contributed by atoms with Crippen molar-refractivity contribution in [1.82, 2.24) is 0 Å². The predicted octanol–water partition coefficient (Wildman–Crippen LogP) is 1.43. The van der Waals surface area contributed by atoms with E-state index in [0.717, 1.165) is 5.69 Å². The first kappa shape index (κ1) is 9.40. The molecule has 14 heavy (non-hydrogen) atoms. The number of hydrogen-bond donors (Lipinski definition) is 2. The van der Waals surface area contributed by atoms with Crippen molar-refractivity contribution in [2.75, 3.05) is 11.4 Å². The molecule has 74 valence electrons. The van der Waals surface area contributed by atoms with Gasteiger partial charge in [-0.15, -0.1) is 0 Å². The molecule has 1 unspecified atom stereocenters. The summed E-state index contributed by atoms with van der Waals surface area (Å²) in [5.41, 5.74) is 0.823. The van der Waals surface area contributed by atoms with Crippen LogP contribution in [0.25, 0.3) is 0 Å². The van der Waals surface area contributed by atoms with Gasteiger partial charge in [0.15, 0.2) is 0 Å². The van der Waals surface area contributed by atoms with Gasteiger partial charge in [-0.2, -0.15) is 12.6 Å². The Bertz CT molecular complexity index is 350. The Balaban J connectivity index is 2.23. The van der Waals surface area contributed by atoms with E-state index in [1.165, 1.54) is 0 Å². The number of hydrogen-bond acceptors (Lipinski definition) is 3. The number of aromatic hydroxyl groups is 1. The molecule has 1 aliphatic heterocycles. The van der Waals surface area contributed by atoms with E-state index in [0.29, 0.717) is 13.0 Å². The smallest absolute Gasteiger partial charge is 0.228 e. The lowest BCUT2D eigenvalue weighted by Gasteiger charge is -2.15. The van der Waals surface area contributed by atoms with Gasteiger partial charge in [-0.3, -0.25) is 4.79 Å². The molecule has 0 radical (unpaired) electrons. The van der Waals surface area contributed by atoms with Gasteiger partial charge in [0, 0.05) is 23.9 Å². The molecule has 0 aliphatic carbocycles. The third-order valence-electron chi connectivity index (χ3n) is 2.27. The molecule has 1 fully saturated rings. The van der Waals surface area contributed by atoms with E-state index in [9.17, 15) is 4.79 Å². The van der Waals surface area contributed by atoms with Gasteiger partial charge in [-0.25, -0.2) is 0 Å². The fourth-order valence-corrected chi connectivity index (χ4v) is 1.89. The van der Waals surface area contributed by atoms with Crippen LogP contribution in [0.1, 0.15) is 6.42 Å². The second-order valence-electron chi connectivity index (χ2n) is 3.38. The number of carbonyl (C=O) groups excluding carboxylic acids is 1. The van der Waals surface area contributed by atoms with Crippen molar-refractivity contribution in [2.45, 2.75) is 11.7 Å². The van der Waals surface area contributed by atoms with Crippen LogP contribution in [0.15, 0.2) is 24.3 Å². The van der Waals surface area contributed by atoms with Gasteiger partial charge >= 0.3 is 0 Å². The van der Waals surface area contributed by atoms with Gasteiger partial charge in [0.2, 0.25) is 5.91 Å². The molecule has 1 heterocycles. The summed E-state index contributed by atoms with van der Waals surface area (Å²) in [6.07, 6.45) is 0.490. The largest absolute Gasteiger partial charge is 0.508 e. The van der Waals surface area contributed by atoms with Crippen LogP contribution < -0.4 is 4.90 Å². The average Bonchev–Trinajstić information content (AvgIpc) is 2.47. The van der Waals surface area contributed by atoms with Crippen molar-refractivity contribution < 1.29 is 9.90 Å². The third-order valence-corrected chi connectivity index (χ3v) is 2.61. The summed E-state index contributed by atoms with van der Waals surface area (Å²) in [5, 5.41) is 9.22. The standard InChI is InChI=1S/C10H11NO2S/c12-8-3-1-7(2-4-8)11-6-9(14)5-10(11)13/h1-4,9,12,14H,5-6H2. The minimum absolute atomic E-state index is 0.0932. The number of rotatable bonds is 1. The molecular weight excluding hydrogens is 198 g/mol. The Morgan fingerprint density at radius 2 is 2.00 bits per heavy atom. The Kier molecular flexibility index (Phi) is 2.37. The van der Waals surface area contributed by atoms with Crippen molar-refractivity contribution in [3.05, 3.63) is 24.3 Å². The Morgan fingerprint density at radius 1 is 1.36 bits per heavy atom. The fourth-order valence-electron chi connectivity index (χ4n) is 1.57. The van der Waals surface area contributed by atoms with Crippen LogP contribution in [0.3, 0.4) is 0 Å². The van der Waals surface area contributed by atoms with E-state index in [-0.39, 0.29) is 16.9 Å². The minimum Gasteiger partial charge on any atom is -0.508 e. The molecule has 0 saturated carbocycles. The highest BCUT2D eigenvalue weighted by Crippen LogP contribution is 2.25. The number of anilines is 1. The number of phenols is 1. The molecule has 0 bridgehead atoms. The quantitative estimate of drug-likeness (QED) is 0.687. The first-order chi connectivity index (χ1) is 6.66. The number of nitrogens with zero attached hydrogens (tertiary/aromatic N) is 1. The van der Waals surface area contributed by atoms with Gasteiger partial charge in [-0.05, 0) is 24.3 Å². The zero-order valence-electron chi connectivity index (χ0n) is 7.55. The highest BCUT2D eigenvalue weighted by atomic mass is 32.1. The molecular formula is C10H11NO2S. The summed E-state index contributed by atoms with van der Waals surface area (Å²) in [6, 6.07) is 6.63. The maximum Gasteiger partial charge on any atom is 0.228 e. The van der Waals surface area contributed by atoms with Crippen LogP contribution in [0.5, 0.6) is 5.75 Å². The highest BCUT2D eigenvalue weighted by Gasteiger charge is 2.27. The van der Waals surface area contributed by atoms with Crippen LogP contribution in [0, 0.1) is 0 Å². The lowest BCUT2D eigenvalue weighted by molar-refractivity contribution is -0.117. The van der Waals surface area contributed by atoms with Crippen LogP contribution >= 0.6 is 12.6 Å². The van der Waals surface area contributed by atoms with Gasteiger partial charge in [0.05, 0.1) is 0 Å². The van der Waals surface area contributed by atoms with E-state index >= 15 is 0 Å². The zero-order valence-corrected chi connectivity index (χ0v) is 8.45. The molecule has 1 N–H and O–H groups in total. The molecule has 1 aromatic carbocycles. The normalized spacial score (nSPS) is 21.6. The highest BCUT2D eigenvalue weighted by molar-refractivity contribution is 7.81. The summed E-state index contributed by atoms with van der Waals surface area (Å²) in [6.45, 7) is 0.646. The minimum atomic E-state index is 0.0932. The van der Waals surface area contributed by atoms with Crippen LogP contribution in [-0.4, -0.2) is 22.8 Å². The average molecular weight is 209 g/mol. The van der Waals surface area contributed by atoms with Crippen molar-refractivity contribution in [3.63, 3.8) is 0 Å². The molecule has 1 amide bonds. The van der Waals surface area contributed by atoms with Crippen molar-refractivity contribution in [2.24, 2.45) is 0 Å². The van der Waals surface area contributed by atoms with Crippen molar-refractivity contribution in [3.8, 4) is 5.75 Å². The van der Waals surface area contributed by atoms with Crippen LogP contribution in [-0.2, 0) is 4.79 Å². The van der Waals surface area contributed by atoms with E-state index in [1.807, 2.05) is 0 Å². The fraction of sp³-hybridized carbons (Fsp3) is 0.300. The lowest BCUT2D eigenvalue weighted by atomic mass is 10.3. The Hall–Kier alpha value is -1.16. The number of benzene rings is 1. The zero-order chi connectivity index (χ0) is 10.1. The SMILES string of the molecule is O=C1CC(S)CN1c1ccc(O)cc1. The molecule has 3 nitrogen and oxygen atoms in total. The summed E-state index contributed by atoms with van der Waals surface area (Å²) < 4.78 is 0. The van der Waals surface area contributed by atoms with E-state index in [4.69, 9.17) is 5.11 Å². The summed E-state index contributed by atoms with van der Waals surface area (Å²) >= 11 is 4.27. The number of phenolic OH excluding ortho intramolecular Hbond substituents is 1. The van der Waals surface area contributed by atoms with Gasteiger partial charge < -0.3 is 10.0 Å². The van der Waals surface area contributed by atoms with Crippen molar-refractivity contribution in [1.29, 1.82) is 0 Å². The van der Waals surface area contributed by atoms with Crippen molar-refractivity contribution >= 4 is 24.2 Å². The molecule has 1 atom stereocenters. The molecule has 2 rings (SSSR count). The predicted molar refractivity (Wildman–Crippen MR) is 57.9 cm³/mol. The maximum atomic E-state index is 11.5. The van der Waals surface area contributed by atoms with Gasteiger partial charge in [0.25, 0.3) is 0 Å². The first-order valence-electron chi connectivity index (χ1n) is 4.44. The number of carbonyl (C=O) groups is 1. The summed E-state index contributed by atoms with van der Waals surface area (Å²) in [7, 11) is 0. The Morgan fingerprint density at radius 3 is 2.50 bits per heavy atom. The molecule has 1 saturated heterocycles. The third kappa shape index (κ3) is 1.70. The Labute approximate surface area is 87.8 Å². The molecule has 0 spiro atoms. The lowest BCUT2D eigenvalue weighted by Crippen LogP contribution is -2.24. The summed E-state index contributed by atoms with van der Waals surface area (Å²) in [5.74, 6) is 0.304. The van der Waals surface area contributed by atoms with Gasteiger partial charge in [0.1, 0.15) is 5.75 Å². The van der Waals surface area contributed by atoms with Gasteiger partial charge in [-0.1, -0.05) is 0 Å². The van der Waals surface area contributed by atoms with Crippen LogP contribution in [0.4, 0.5) is 5.69 Å². The second-order valence-corrected chi connectivity index (χ2v) is 4.11. The van der Waals surface area contributed by atoms with E-state index in [1.54, 1.807) is 29.2 Å². The topological polar surface area (TPSA) is 40.5 Å². The molecule has 1 aliphatic rings. The molecule has 1 aromatic rings.